The molecule has 0 aromatic carbocycles. The molecule has 1 aromatic heterocycles. The maximum Gasteiger partial charge on any atom is 0.469 e. The molecule has 0 saturated heterocycles. The van der Waals surface area contributed by atoms with E-state index in [1.807, 2.05) is 0 Å². The number of phosphoric ester groups is 1. The first kappa shape index (κ1) is 20.0. The number of hydrogen-bond donors (Lipinski definition) is 5. The normalized spacial score (nSPS) is 17.7. The number of dihydropyridines is 1. The van der Waals surface area contributed by atoms with Crippen molar-refractivity contribution in [2.24, 2.45) is 4.99 Å². The highest BCUT2D eigenvalue weighted by Gasteiger charge is 2.22. The molecule has 0 saturated carbocycles. The smallest absolute Gasteiger partial charge is 0.469 e. The Hall–Kier alpha value is -2.33. The second kappa shape index (κ2) is 8.37. The predicted octanol–water partition coefficient (Wildman–Crippen LogP) is 1.93. The van der Waals surface area contributed by atoms with Gasteiger partial charge >= 0.3 is 7.82 Å². The lowest BCUT2D eigenvalue weighted by molar-refractivity contribution is 0.211. The number of allylic oxidation sites excluding steroid dienone is 2. The monoisotopic (exact) mass is 390 g/mol. The minimum atomic E-state index is -4.75. The van der Waals surface area contributed by atoms with Gasteiger partial charge in [-0.2, -0.15) is 0 Å². The Labute approximate surface area is 147 Å². The molecule has 9 nitrogen and oxygen atoms in total. The van der Waals surface area contributed by atoms with Gasteiger partial charge in [-0.05, 0) is 6.92 Å². The Balaban J connectivity index is 2.30. The van der Waals surface area contributed by atoms with Gasteiger partial charge in [-0.25, -0.2) is 18.3 Å². The van der Waals surface area contributed by atoms with Crippen molar-refractivity contribution in [3.63, 3.8) is 0 Å². The zero-order chi connectivity index (χ0) is 19.3. The third-order valence-corrected chi connectivity index (χ3v) is 3.81. The standard InChI is InChI=1S/C14H17F2N4O5P/c1-8-13(21)11(9(3-18-8)6-25-26(22,23)24)5-19-12(14(15)16)2-10-4-17-7-20-10/h3-5,7,14,18,21H,2,6H2,1H3,(H,17,20)(H2,22,23,24)/b11-5-,19-12?. The van der Waals surface area contributed by atoms with Gasteiger partial charge in [0.05, 0.1) is 24.3 Å². The average molecular weight is 390 g/mol. The number of halogens is 2. The van der Waals surface area contributed by atoms with E-state index in [1.165, 1.54) is 25.6 Å². The van der Waals surface area contributed by atoms with Gasteiger partial charge in [-0.15, -0.1) is 0 Å². The number of nitrogens with zero attached hydrogens (tertiary/aromatic N) is 2. The van der Waals surface area contributed by atoms with Gasteiger partial charge < -0.3 is 25.2 Å². The number of aliphatic hydroxyl groups is 1. The van der Waals surface area contributed by atoms with Crippen molar-refractivity contribution < 1.29 is 32.8 Å². The maximum absolute atomic E-state index is 13.2. The van der Waals surface area contributed by atoms with Gasteiger partial charge in [-0.1, -0.05) is 0 Å². The number of alkyl halides is 2. The van der Waals surface area contributed by atoms with E-state index in [1.54, 1.807) is 0 Å². The first-order valence-electron chi connectivity index (χ1n) is 7.25. The van der Waals surface area contributed by atoms with E-state index in [2.05, 4.69) is 24.8 Å². The van der Waals surface area contributed by atoms with Gasteiger partial charge in [0.1, 0.15) is 5.76 Å². The highest BCUT2D eigenvalue weighted by molar-refractivity contribution is 7.46. The van der Waals surface area contributed by atoms with Crippen LogP contribution in [0.5, 0.6) is 0 Å². The topological polar surface area (TPSA) is 140 Å². The molecule has 26 heavy (non-hydrogen) atoms. The van der Waals surface area contributed by atoms with E-state index in [0.29, 0.717) is 11.4 Å². The minimum absolute atomic E-state index is 0.0115. The van der Waals surface area contributed by atoms with Crippen molar-refractivity contribution in [3.8, 4) is 0 Å². The maximum atomic E-state index is 13.2. The number of aromatic amines is 1. The lowest BCUT2D eigenvalue weighted by Crippen LogP contribution is -2.18. The summed E-state index contributed by atoms with van der Waals surface area (Å²) >= 11 is 0. The number of nitrogens with one attached hydrogen (secondary N) is 2. The molecule has 2 heterocycles. The summed E-state index contributed by atoms with van der Waals surface area (Å²) in [6.07, 6.45) is 2.05. The predicted molar refractivity (Wildman–Crippen MR) is 88.4 cm³/mol. The summed E-state index contributed by atoms with van der Waals surface area (Å²) in [5.74, 6) is -0.296. The number of aromatic nitrogens is 2. The number of aliphatic imine (C=N–C) groups is 1. The molecule has 5 N–H and O–H groups in total. The molecule has 0 radical (unpaired) electrons. The summed E-state index contributed by atoms with van der Waals surface area (Å²) in [5.41, 5.74) is 0.427. The molecule has 0 amide bonds. The van der Waals surface area contributed by atoms with E-state index >= 15 is 0 Å². The molecule has 12 heteroatoms. The number of hydrogen-bond acceptors (Lipinski definition) is 6. The molecule has 142 valence electrons. The van der Waals surface area contributed by atoms with E-state index in [0.717, 1.165) is 6.20 Å². The highest BCUT2D eigenvalue weighted by Crippen LogP contribution is 2.37. The Morgan fingerprint density at radius 2 is 2.23 bits per heavy atom. The number of H-pyrrole nitrogens is 1. The first-order chi connectivity index (χ1) is 12.2. The molecule has 1 aliphatic heterocycles. The van der Waals surface area contributed by atoms with Crippen molar-refractivity contribution >= 4 is 13.5 Å². The molecule has 0 atom stereocenters. The molecule has 0 bridgehead atoms. The van der Waals surface area contributed by atoms with Crippen molar-refractivity contribution in [2.75, 3.05) is 6.61 Å². The van der Waals surface area contributed by atoms with Crippen molar-refractivity contribution in [2.45, 2.75) is 19.8 Å². The number of rotatable bonds is 7. The molecule has 0 unspecified atom stereocenters. The molecule has 2 rings (SSSR count). The number of imidazole rings is 1. The zero-order valence-electron chi connectivity index (χ0n) is 13.6. The number of phosphoric acid groups is 1. The second-order valence-corrected chi connectivity index (χ2v) is 6.51. The second-order valence-electron chi connectivity index (χ2n) is 5.27. The fourth-order valence-electron chi connectivity index (χ4n) is 2.02. The lowest BCUT2D eigenvalue weighted by Gasteiger charge is -2.19. The van der Waals surface area contributed by atoms with E-state index in [9.17, 15) is 18.5 Å². The summed E-state index contributed by atoms with van der Waals surface area (Å²) in [7, 11) is -4.75. The third kappa shape index (κ3) is 5.60. The Kier molecular flexibility index (Phi) is 6.43. The van der Waals surface area contributed by atoms with Gasteiger partial charge in [0.25, 0.3) is 6.43 Å². The van der Waals surface area contributed by atoms with Crippen molar-refractivity contribution in [1.82, 2.24) is 15.3 Å². The number of aliphatic hydroxyl groups excluding tert-OH is 1. The van der Waals surface area contributed by atoms with Crippen LogP contribution >= 0.6 is 7.82 Å². The van der Waals surface area contributed by atoms with Gasteiger partial charge in [-0.3, -0.25) is 9.52 Å². The average Bonchev–Trinajstić information content (AvgIpc) is 3.05. The van der Waals surface area contributed by atoms with Gasteiger partial charge in [0.15, 0.2) is 0 Å². The zero-order valence-corrected chi connectivity index (χ0v) is 14.5. The molecule has 1 aromatic rings. The van der Waals surface area contributed by atoms with E-state index in [4.69, 9.17) is 9.79 Å². The quantitative estimate of drug-likeness (QED) is 0.354. The first-order valence-corrected chi connectivity index (χ1v) is 8.79. The Morgan fingerprint density at radius 1 is 1.50 bits per heavy atom. The van der Waals surface area contributed by atoms with Crippen LogP contribution in [-0.2, 0) is 15.5 Å². The van der Waals surface area contributed by atoms with E-state index < -0.39 is 26.6 Å². The Bertz CT molecular complexity index is 811. The molecule has 1 aliphatic rings. The Morgan fingerprint density at radius 3 is 2.81 bits per heavy atom. The van der Waals surface area contributed by atoms with Crippen LogP contribution in [0, 0.1) is 0 Å². The van der Waals surface area contributed by atoms with Crippen LogP contribution in [-0.4, -0.2) is 43.6 Å². The lowest BCUT2D eigenvalue weighted by atomic mass is 10.0. The third-order valence-electron chi connectivity index (χ3n) is 3.35. The fraction of sp³-hybridized carbons (Fsp3) is 0.286. The minimum Gasteiger partial charge on any atom is -0.505 e. The molecule has 0 aliphatic carbocycles. The SMILES string of the molecule is CC1=C(O)/C(=C\N=C(Cc2cnc[nH]2)C(F)F)C(COP(=O)(O)O)=CN1. The molecular formula is C14H17F2N4O5P. The summed E-state index contributed by atoms with van der Waals surface area (Å²) in [5, 5.41) is 12.8. The van der Waals surface area contributed by atoms with Crippen LogP contribution in [0.3, 0.4) is 0 Å². The summed E-state index contributed by atoms with van der Waals surface area (Å²) < 4.78 is 41.6. The van der Waals surface area contributed by atoms with Crippen LogP contribution in [0.2, 0.25) is 0 Å². The van der Waals surface area contributed by atoms with Crippen LogP contribution in [0.4, 0.5) is 8.78 Å². The van der Waals surface area contributed by atoms with Crippen LogP contribution in [0.15, 0.2) is 52.5 Å². The van der Waals surface area contributed by atoms with Gasteiger partial charge in [0, 0.05) is 41.9 Å². The van der Waals surface area contributed by atoms with Crippen LogP contribution in [0.1, 0.15) is 12.6 Å². The highest BCUT2D eigenvalue weighted by atomic mass is 31.2. The largest absolute Gasteiger partial charge is 0.505 e. The van der Waals surface area contributed by atoms with Crippen LogP contribution < -0.4 is 5.32 Å². The fourth-order valence-corrected chi connectivity index (χ4v) is 2.32. The van der Waals surface area contributed by atoms with Crippen molar-refractivity contribution in [1.29, 1.82) is 0 Å². The van der Waals surface area contributed by atoms with Crippen molar-refractivity contribution in [3.05, 3.63) is 53.2 Å². The van der Waals surface area contributed by atoms with Crippen LogP contribution in [0.25, 0.3) is 0 Å². The summed E-state index contributed by atoms with van der Waals surface area (Å²) in [6, 6.07) is 0. The molecule has 0 spiro atoms. The van der Waals surface area contributed by atoms with Gasteiger partial charge in [0.2, 0.25) is 0 Å². The molecular weight excluding hydrogens is 373 g/mol. The summed E-state index contributed by atoms with van der Waals surface area (Å²) in [4.78, 5) is 27.8. The van der Waals surface area contributed by atoms with E-state index in [-0.39, 0.29) is 23.3 Å². The summed E-state index contributed by atoms with van der Waals surface area (Å²) in [6.45, 7) is 0.975. The molecule has 0 fully saturated rings.